The summed E-state index contributed by atoms with van der Waals surface area (Å²) in [6, 6.07) is 3.26. The third-order valence-electron chi connectivity index (χ3n) is 6.54. The number of carbonyl (C=O) groups is 1. The first-order valence-corrected chi connectivity index (χ1v) is 15.0. The van der Waals surface area contributed by atoms with Gasteiger partial charge in [-0.1, -0.05) is 6.92 Å². The van der Waals surface area contributed by atoms with Crippen LogP contribution in [0.15, 0.2) is 34.3 Å². The number of aromatic nitrogens is 5. The number of anilines is 1. The van der Waals surface area contributed by atoms with E-state index in [1.54, 1.807) is 13.0 Å². The van der Waals surface area contributed by atoms with Crippen LogP contribution in [0.25, 0.3) is 33.2 Å². The fourth-order valence-electron chi connectivity index (χ4n) is 4.49. The summed E-state index contributed by atoms with van der Waals surface area (Å²) in [5.74, 6) is 0.924. The molecule has 2 N–H and O–H groups in total. The van der Waals surface area contributed by atoms with Gasteiger partial charge in [-0.3, -0.25) is 10.2 Å². The lowest BCUT2D eigenvalue weighted by molar-refractivity contribution is -0.140. The van der Waals surface area contributed by atoms with Crippen LogP contribution in [0.4, 0.5) is 23.8 Å². The monoisotopic (exact) mass is 632 g/mol. The Morgan fingerprint density at radius 1 is 1.07 bits per heavy atom. The maximum Gasteiger partial charge on any atom is 0.434 e. The van der Waals surface area contributed by atoms with Crippen molar-refractivity contribution in [3.8, 4) is 39.0 Å². The highest BCUT2D eigenvalue weighted by atomic mass is 32.1. The number of nitrogens with zero attached hydrogens (tertiary/aromatic N) is 6. The zero-order valence-electron chi connectivity index (χ0n) is 25.3. The predicted molar refractivity (Wildman–Crippen MR) is 161 cm³/mol. The second-order valence-electron chi connectivity index (χ2n) is 10.5. The quantitative estimate of drug-likeness (QED) is 0.176. The van der Waals surface area contributed by atoms with Crippen molar-refractivity contribution in [1.29, 1.82) is 0 Å². The van der Waals surface area contributed by atoms with Crippen molar-refractivity contribution in [1.82, 2.24) is 35.4 Å². The number of hydrogen-bond donors (Lipinski definition) is 2. The number of thiazole rings is 1. The van der Waals surface area contributed by atoms with Crippen LogP contribution in [0.3, 0.4) is 0 Å². The molecule has 0 aliphatic heterocycles. The van der Waals surface area contributed by atoms with Crippen molar-refractivity contribution in [2.24, 2.45) is 0 Å². The highest BCUT2D eigenvalue weighted by Gasteiger charge is 2.34. The third-order valence-corrected chi connectivity index (χ3v) is 7.41. The van der Waals surface area contributed by atoms with Crippen LogP contribution in [-0.2, 0) is 6.18 Å². The molecule has 0 spiro atoms. The summed E-state index contributed by atoms with van der Waals surface area (Å²) >= 11 is 0.822. The number of ether oxygens (including phenoxy) is 1. The molecule has 0 bridgehead atoms. The molecular formula is C29H35F3N8O3S. The zero-order chi connectivity index (χ0) is 32.0. The Morgan fingerprint density at radius 2 is 1.82 bits per heavy atom. The van der Waals surface area contributed by atoms with Crippen molar-refractivity contribution in [3.63, 3.8) is 0 Å². The molecule has 236 valence electrons. The third kappa shape index (κ3) is 8.08. The lowest BCUT2D eigenvalue weighted by Gasteiger charge is -2.30. The minimum absolute atomic E-state index is 0.0718. The zero-order valence-corrected chi connectivity index (χ0v) is 26.1. The number of carbonyl (C=O) groups excluding carboxylic acids is 1. The molecule has 0 saturated carbocycles. The standard InChI is InChI=1S/C29H35F3N8O3S/c1-7-8-33-28(41)37-24-12-21(27-36-23(15-44-27)29(30,31)32)22(14-34-24)20-11-19(25-39-38-18(6)43-25)13-35-26(20)42-10-9-40(16(2)3)17(4)5/h11-17H,7-10H2,1-6H3,(H2,33,34,37,41). The summed E-state index contributed by atoms with van der Waals surface area (Å²) in [6.45, 7) is 13.3. The highest BCUT2D eigenvalue weighted by molar-refractivity contribution is 7.13. The minimum Gasteiger partial charge on any atom is -0.476 e. The molecule has 4 aromatic rings. The molecule has 0 aromatic carbocycles. The van der Waals surface area contributed by atoms with E-state index < -0.39 is 17.9 Å². The molecule has 0 unspecified atom stereocenters. The first kappa shape index (κ1) is 32.8. The van der Waals surface area contributed by atoms with E-state index in [0.29, 0.717) is 47.8 Å². The van der Waals surface area contributed by atoms with Crippen molar-refractivity contribution < 1.29 is 27.1 Å². The van der Waals surface area contributed by atoms with E-state index in [9.17, 15) is 18.0 Å². The molecule has 44 heavy (non-hydrogen) atoms. The van der Waals surface area contributed by atoms with E-state index >= 15 is 0 Å². The number of nitrogens with one attached hydrogen (secondary N) is 2. The molecule has 0 aliphatic carbocycles. The molecule has 11 nitrogen and oxygen atoms in total. The number of pyridine rings is 2. The Labute approximate surface area is 257 Å². The Bertz CT molecular complexity index is 1560. The Balaban J connectivity index is 1.82. The van der Waals surface area contributed by atoms with Crippen LogP contribution in [0, 0.1) is 6.92 Å². The van der Waals surface area contributed by atoms with Gasteiger partial charge in [-0.15, -0.1) is 21.5 Å². The average Bonchev–Trinajstić information content (AvgIpc) is 3.64. The predicted octanol–water partition coefficient (Wildman–Crippen LogP) is 6.67. The van der Waals surface area contributed by atoms with Crippen LogP contribution >= 0.6 is 11.3 Å². The van der Waals surface area contributed by atoms with Crippen LogP contribution in [-0.4, -0.2) is 67.9 Å². The lowest BCUT2D eigenvalue weighted by Crippen LogP contribution is -2.39. The Hall–Kier alpha value is -4.11. The van der Waals surface area contributed by atoms with Gasteiger partial charge >= 0.3 is 12.2 Å². The number of hydrogen-bond acceptors (Lipinski definition) is 10. The first-order chi connectivity index (χ1) is 20.9. The van der Waals surface area contributed by atoms with Gasteiger partial charge in [0.2, 0.25) is 17.7 Å². The van der Waals surface area contributed by atoms with E-state index in [1.807, 2.05) is 6.92 Å². The van der Waals surface area contributed by atoms with E-state index in [1.165, 1.54) is 18.5 Å². The summed E-state index contributed by atoms with van der Waals surface area (Å²) in [7, 11) is 0. The summed E-state index contributed by atoms with van der Waals surface area (Å²) in [5.41, 5.74) is 0.552. The SMILES string of the molecule is CCCNC(=O)Nc1cc(-c2nc(C(F)(F)F)cs2)c(-c2cc(-c3nnc(C)o3)cnc2OCCN(C(C)C)C(C)C)cn1. The Morgan fingerprint density at radius 3 is 2.43 bits per heavy atom. The normalized spacial score (nSPS) is 11.9. The summed E-state index contributed by atoms with van der Waals surface area (Å²) in [6.07, 6.45) is -0.934. The number of urea groups is 1. The topological polar surface area (TPSA) is 131 Å². The minimum atomic E-state index is -4.63. The smallest absolute Gasteiger partial charge is 0.434 e. The summed E-state index contributed by atoms with van der Waals surface area (Å²) in [4.78, 5) is 27.4. The van der Waals surface area contributed by atoms with Crippen molar-refractivity contribution in [3.05, 3.63) is 41.5 Å². The molecule has 0 saturated heterocycles. The molecule has 4 heterocycles. The van der Waals surface area contributed by atoms with Crippen LogP contribution in [0.5, 0.6) is 5.88 Å². The molecule has 4 rings (SSSR count). The van der Waals surface area contributed by atoms with Crippen LogP contribution in [0.2, 0.25) is 0 Å². The molecular weight excluding hydrogens is 597 g/mol. The van der Waals surface area contributed by atoms with Crippen LogP contribution in [0.1, 0.15) is 52.6 Å². The fraction of sp³-hybridized carbons (Fsp3) is 0.448. The van der Waals surface area contributed by atoms with E-state index in [-0.39, 0.29) is 34.7 Å². The van der Waals surface area contributed by atoms with Gasteiger partial charge in [0.15, 0.2) is 5.69 Å². The van der Waals surface area contributed by atoms with Gasteiger partial charge in [-0.2, -0.15) is 13.2 Å². The Kier molecular flexibility index (Phi) is 10.5. The second kappa shape index (κ2) is 14.1. The molecule has 0 fully saturated rings. The van der Waals surface area contributed by atoms with Gasteiger partial charge in [0.25, 0.3) is 0 Å². The van der Waals surface area contributed by atoms with Crippen molar-refractivity contribution >= 4 is 23.2 Å². The van der Waals surface area contributed by atoms with E-state index in [4.69, 9.17) is 9.15 Å². The average molecular weight is 633 g/mol. The molecule has 0 aliphatic rings. The van der Waals surface area contributed by atoms with Gasteiger partial charge in [0.1, 0.15) is 17.4 Å². The van der Waals surface area contributed by atoms with E-state index in [0.717, 1.165) is 23.1 Å². The number of rotatable bonds is 12. The number of halogens is 3. The van der Waals surface area contributed by atoms with Crippen molar-refractivity contribution in [2.75, 3.05) is 25.0 Å². The van der Waals surface area contributed by atoms with Gasteiger partial charge in [0, 0.05) is 66.6 Å². The molecule has 4 aromatic heterocycles. The van der Waals surface area contributed by atoms with Gasteiger partial charge in [0.05, 0.1) is 5.56 Å². The second-order valence-corrected chi connectivity index (χ2v) is 11.4. The number of alkyl halides is 3. The molecule has 2 amide bonds. The fourth-order valence-corrected chi connectivity index (χ4v) is 5.35. The van der Waals surface area contributed by atoms with Gasteiger partial charge in [-0.05, 0) is 46.2 Å². The maximum atomic E-state index is 13.5. The van der Waals surface area contributed by atoms with Gasteiger partial charge in [-0.25, -0.2) is 19.7 Å². The summed E-state index contributed by atoms with van der Waals surface area (Å²) < 4.78 is 52.4. The van der Waals surface area contributed by atoms with Gasteiger partial charge < -0.3 is 14.5 Å². The molecule has 15 heteroatoms. The number of amides is 2. The highest BCUT2D eigenvalue weighted by Crippen LogP contribution is 2.41. The number of aryl methyl sites for hydroxylation is 1. The van der Waals surface area contributed by atoms with E-state index in [2.05, 4.69) is 68.4 Å². The summed E-state index contributed by atoms with van der Waals surface area (Å²) in [5, 5.41) is 14.3. The first-order valence-electron chi connectivity index (χ1n) is 14.1. The maximum absolute atomic E-state index is 13.5. The molecule has 0 radical (unpaired) electrons. The van der Waals surface area contributed by atoms with Crippen molar-refractivity contribution in [2.45, 2.75) is 66.2 Å². The van der Waals surface area contributed by atoms with Crippen LogP contribution < -0.4 is 15.4 Å². The largest absolute Gasteiger partial charge is 0.476 e. The lowest BCUT2D eigenvalue weighted by atomic mass is 10.0. The molecule has 0 atom stereocenters.